The van der Waals surface area contributed by atoms with Crippen LogP contribution in [0, 0.1) is 0 Å². The summed E-state index contributed by atoms with van der Waals surface area (Å²) < 4.78 is 1.55. The van der Waals surface area contributed by atoms with Gasteiger partial charge in [0, 0.05) is 28.0 Å². The zero-order chi connectivity index (χ0) is 14.3. The molecule has 0 spiro atoms. The SMILES string of the molecule is Nc1ccc(Cl)cc1-c1cc2n(c(=O)c1)C(C=O)CC2. The van der Waals surface area contributed by atoms with Crippen LogP contribution in [-0.4, -0.2) is 10.9 Å². The van der Waals surface area contributed by atoms with Gasteiger partial charge < -0.3 is 15.1 Å². The highest BCUT2D eigenvalue weighted by Crippen LogP contribution is 2.31. The number of carbonyl (C=O) groups is 1. The maximum Gasteiger partial charge on any atom is 0.252 e. The van der Waals surface area contributed by atoms with Crippen LogP contribution in [0.4, 0.5) is 5.69 Å². The number of benzene rings is 1. The van der Waals surface area contributed by atoms with Crippen LogP contribution in [0.2, 0.25) is 5.02 Å². The number of fused-ring (bicyclic) bond motifs is 1. The second kappa shape index (κ2) is 4.80. The van der Waals surface area contributed by atoms with E-state index in [9.17, 15) is 9.59 Å². The number of hydrogen-bond donors (Lipinski definition) is 1. The van der Waals surface area contributed by atoms with Crippen molar-refractivity contribution >= 4 is 23.6 Å². The molecule has 0 aliphatic carbocycles. The van der Waals surface area contributed by atoms with E-state index in [-0.39, 0.29) is 11.6 Å². The Labute approximate surface area is 120 Å². The van der Waals surface area contributed by atoms with Crippen LogP contribution in [0.25, 0.3) is 11.1 Å². The molecular formula is C15H13ClN2O2. The van der Waals surface area contributed by atoms with Crippen LogP contribution in [0.1, 0.15) is 18.2 Å². The lowest BCUT2D eigenvalue weighted by molar-refractivity contribution is -0.110. The zero-order valence-electron chi connectivity index (χ0n) is 10.7. The van der Waals surface area contributed by atoms with E-state index in [1.165, 1.54) is 6.07 Å². The third-order valence-electron chi connectivity index (χ3n) is 3.66. The molecule has 0 radical (unpaired) electrons. The minimum Gasteiger partial charge on any atom is -0.398 e. The van der Waals surface area contributed by atoms with Gasteiger partial charge >= 0.3 is 0 Å². The molecule has 2 aromatic rings. The Kier molecular flexibility index (Phi) is 3.10. The maximum atomic E-state index is 12.2. The first-order valence-corrected chi connectivity index (χ1v) is 6.74. The zero-order valence-corrected chi connectivity index (χ0v) is 11.4. The van der Waals surface area contributed by atoms with Gasteiger partial charge in [-0.15, -0.1) is 0 Å². The Balaban J connectivity index is 2.18. The van der Waals surface area contributed by atoms with Gasteiger partial charge in [-0.1, -0.05) is 11.6 Å². The fourth-order valence-electron chi connectivity index (χ4n) is 2.69. The lowest BCUT2D eigenvalue weighted by Crippen LogP contribution is -2.23. The Hall–Kier alpha value is -2.07. The second-order valence-electron chi connectivity index (χ2n) is 4.92. The standard InChI is InChI=1S/C15H13ClN2O2/c16-10-1-4-14(17)13(7-10)9-5-11-2-3-12(8-19)18(11)15(20)6-9/h1,4-8,12H,2-3,17H2. The van der Waals surface area contributed by atoms with E-state index < -0.39 is 0 Å². The lowest BCUT2D eigenvalue weighted by Gasteiger charge is -2.11. The third kappa shape index (κ3) is 2.02. The summed E-state index contributed by atoms with van der Waals surface area (Å²) in [6, 6.07) is 8.25. The van der Waals surface area contributed by atoms with Crippen LogP contribution in [0.15, 0.2) is 35.1 Å². The molecule has 3 rings (SSSR count). The predicted octanol–water partition coefficient (Wildman–Crippen LogP) is 2.44. The number of aldehydes is 1. The first kappa shape index (κ1) is 12.9. The summed E-state index contributed by atoms with van der Waals surface area (Å²) in [5, 5.41) is 0.570. The van der Waals surface area contributed by atoms with Gasteiger partial charge in [-0.3, -0.25) is 4.79 Å². The van der Waals surface area contributed by atoms with Crippen molar-refractivity contribution in [1.29, 1.82) is 0 Å². The molecule has 0 saturated heterocycles. The van der Waals surface area contributed by atoms with Crippen molar-refractivity contribution in [2.75, 3.05) is 5.73 Å². The molecule has 1 atom stereocenters. The molecule has 2 heterocycles. The fraction of sp³-hybridized carbons (Fsp3) is 0.200. The number of aromatic nitrogens is 1. The summed E-state index contributed by atoms with van der Waals surface area (Å²) >= 11 is 5.98. The number of aryl methyl sites for hydroxylation is 1. The maximum absolute atomic E-state index is 12.2. The number of halogens is 1. The average Bonchev–Trinajstić information content (AvgIpc) is 2.85. The van der Waals surface area contributed by atoms with Gasteiger partial charge in [0.1, 0.15) is 6.29 Å². The van der Waals surface area contributed by atoms with Gasteiger partial charge in [0.05, 0.1) is 6.04 Å². The number of anilines is 1. The summed E-state index contributed by atoms with van der Waals surface area (Å²) in [6.07, 6.45) is 2.21. The highest BCUT2D eigenvalue weighted by molar-refractivity contribution is 6.31. The van der Waals surface area contributed by atoms with Gasteiger partial charge in [-0.25, -0.2) is 0 Å². The van der Waals surface area contributed by atoms with Gasteiger partial charge in [0.2, 0.25) is 0 Å². The third-order valence-corrected chi connectivity index (χ3v) is 3.89. The Bertz CT molecular complexity index is 752. The number of rotatable bonds is 2. The summed E-state index contributed by atoms with van der Waals surface area (Å²) in [6.45, 7) is 0. The van der Waals surface area contributed by atoms with E-state index in [1.807, 2.05) is 6.07 Å². The molecule has 102 valence electrons. The minimum absolute atomic E-state index is 0.175. The second-order valence-corrected chi connectivity index (χ2v) is 5.35. The van der Waals surface area contributed by atoms with Gasteiger partial charge in [0.25, 0.3) is 5.56 Å². The quantitative estimate of drug-likeness (QED) is 0.682. The van der Waals surface area contributed by atoms with Gasteiger partial charge in [-0.2, -0.15) is 0 Å². The molecule has 0 fully saturated rings. The highest BCUT2D eigenvalue weighted by atomic mass is 35.5. The molecule has 1 unspecified atom stereocenters. The molecule has 5 heteroatoms. The van der Waals surface area contributed by atoms with Crippen LogP contribution in [0.3, 0.4) is 0 Å². The normalized spacial score (nSPS) is 16.9. The fourth-order valence-corrected chi connectivity index (χ4v) is 2.86. The molecule has 0 saturated carbocycles. The molecule has 4 nitrogen and oxygen atoms in total. The number of nitrogens with zero attached hydrogens (tertiary/aromatic N) is 1. The van der Waals surface area contributed by atoms with E-state index in [4.69, 9.17) is 17.3 Å². The van der Waals surface area contributed by atoms with Crippen molar-refractivity contribution in [3.05, 3.63) is 51.4 Å². The van der Waals surface area contributed by atoms with Crippen LogP contribution >= 0.6 is 11.6 Å². The van der Waals surface area contributed by atoms with E-state index in [1.54, 1.807) is 22.8 Å². The van der Waals surface area contributed by atoms with Crippen molar-refractivity contribution in [2.45, 2.75) is 18.9 Å². The van der Waals surface area contributed by atoms with E-state index in [0.29, 0.717) is 23.6 Å². The molecule has 1 aromatic carbocycles. The van der Waals surface area contributed by atoms with Crippen molar-refractivity contribution in [3.8, 4) is 11.1 Å². The number of pyridine rings is 1. The lowest BCUT2D eigenvalue weighted by atomic mass is 10.0. The number of nitrogens with two attached hydrogens (primary N) is 1. The summed E-state index contributed by atoms with van der Waals surface area (Å²) in [4.78, 5) is 23.2. The molecule has 1 aromatic heterocycles. The Morgan fingerprint density at radius 3 is 2.85 bits per heavy atom. The molecule has 1 aliphatic heterocycles. The summed E-state index contributed by atoms with van der Waals surface area (Å²) in [5.41, 5.74) is 8.70. The Morgan fingerprint density at radius 2 is 2.10 bits per heavy atom. The molecular weight excluding hydrogens is 276 g/mol. The van der Waals surface area contributed by atoms with Crippen LogP contribution < -0.4 is 11.3 Å². The van der Waals surface area contributed by atoms with Crippen LogP contribution in [0.5, 0.6) is 0 Å². The van der Waals surface area contributed by atoms with Crippen LogP contribution in [-0.2, 0) is 11.2 Å². The molecule has 2 N–H and O–H groups in total. The topological polar surface area (TPSA) is 65.1 Å². The van der Waals surface area contributed by atoms with Gasteiger partial charge in [-0.05, 0) is 42.7 Å². The Morgan fingerprint density at radius 1 is 1.30 bits per heavy atom. The summed E-state index contributed by atoms with van der Waals surface area (Å²) in [5.74, 6) is 0. The van der Waals surface area contributed by atoms with Crippen molar-refractivity contribution < 1.29 is 4.79 Å². The average molecular weight is 289 g/mol. The van der Waals surface area contributed by atoms with Crippen molar-refractivity contribution in [2.24, 2.45) is 0 Å². The predicted molar refractivity (Wildman–Crippen MR) is 79.0 cm³/mol. The van der Waals surface area contributed by atoms with E-state index in [2.05, 4.69) is 0 Å². The first-order chi connectivity index (χ1) is 9.60. The van der Waals surface area contributed by atoms with E-state index >= 15 is 0 Å². The number of nitrogen functional groups attached to an aromatic ring is 1. The number of carbonyl (C=O) groups excluding carboxylic acids is 1. The molecule has 0 bridgehead atoms. The monoisotopic (exact) mass is 288 g/mol. The van der Waals surface area contributed by atoms with E-state index in [0.717, 1.165) is 23.1 Å². The highest BCUT2D eigenvalue weighted by Gasteiger charge is 2.23. The van der Waals surface area contributed by atoms with Crippen molar-refractivity contribution in [3.63, 3.8) is 0 Å². The molecule has 0 amide bonds. The smallest absolute Gasteiger partial charge is 0.252 e. The minimum atomic E-state index is -0.344. The van der Waals surface area contributed by atoms with Gasteiger partial charge in [0.15, 0.2) is 0 Å². The van der Waals surface area contributed by atoms with Crippen molar-refractivity contribution in [1.82, 2.24) is 4.57 Å². The largest absolute Gasteiger partial charge is 0.398 e. The number of hydrogen-bond acceptors (Lipinski definition) is 3. The first-order valence-electron chi connectivity index (χ1n) is 6.36. The molecule has 1 aliphatic rings. The molecule has 20 heavy (non-hydrogen) atoms. The summed E-state index contributed by atoms with van der Waals surface area (Å²) in [7, 11) is 0.